The molecule has 4 saturated carbocycles. The lowest BCUT2D eigenvalue weighted by atomic mass is 9.52. The van der Waals surface area contributed by atoms with E-state index < -0.39 is 5.97 Å². The summed E-state index contributed by atoms with van der Waals surface area (Å²) in [5.74, 6) is 1.93. The van der Waals surface area contributed by atoms with Crippen molar-refractivity contribution in [3.8, 4) is 0 Å². The first-order chi connectivity index (χ1) is 14.0. The van der Waals surface area contributed by atoms with Crippen LogP contribution in [0.25, 0.3) is 0 Å². The number of carbonyl (C=O) groups excluding carboxylic acids is 1. The average molecular weight is 407 g/mol. The van der Waals surface area contributed by atoms with E-state index in [1.165, 1.54) is 70.6 Å². The SMILES string of the molecule is CN(C(=O)NCCCCCCCCCCCC(=O)O)C12CC3CC(CC(C3)C1)C2. The van der Waals surface area contributed by atoms with E-state index in [9.17, 15) is 9.59 Å². The zero-order valence-electron chi connectivity index (χ0n) is 18.5. The van der Waals surface area contributed by atoms with E-state index in [1.807, 2.05) is 7.05 Å². The Morgan fingerprint density at radius 3 is 1.76 bits per heavy atom. The normalized spacial score (nSPS) is 29.8. The van der Waals surface area contributed by atoms with Crippen LogP contribution in [-0.4, -0.2) is 41.1 Å². The Labute approximate surface area is 177 Å². The highest BCUT2D eigenvalue weighted by Gasteiger charge is 2.53. The zero-order valence-corrected chi connectivity index (χ0v) is 18.5. The van der Waals surface area contributed by atoms with E-state index in [0.29, 0.717) is 6.42 Å². The summed E-state index contributed by atoms with van der Waals surface area (Å²) in [7, 11) is 2.04. The van der Waals surface area contributed by atoms with Crippen LogP contribution in [0.1, 0.15) is 103 Å². The summed E-state index contributed by atoms with van der Waals surface area (Å²) in [5.41, 5.74) is 0.156. The molecule has 0 spiro atoms. The van der Waals surface area contributed by atoms with E-state index in [1.54, 1.807) is 0 Å². The highest BCUT2D eigenvalue weighted by Crippen LogP contribution is 2.57. The smallest absolute Gasteiger partial charge is 0.317 e. The Morgan fingerprint density at radius 1 is 0.828 bits per heavy atom. The molecule has 0 atom stereocenters. The predicted octanol–water partition coefficient (Wildman–Crippen LogP) is 5.58. The van der Waals surface area contributed by atoms with Gasteiger partial charge in [-0.3, -0.25) is 4.79 Å². The molecule has 4 rings (SSSR count). The third-order valence-corrected chi connectivity index (χ3v) is 7.87. The van der Waals surface area contributed by atoms with Crippen molar-refractivity contribution < 1.29 is 14.7 Å². The molecule has 2 amide bonds. The van der Waals surface area contributed by atoms with Crippen molar-refractivity contribution >= 4 is 12.0 Å². The minimum atomic E-state index is -0.679. The van der Waals surface area contributed by atoms with Gasteiger partial charge in [0.1, 0.15) is 0 Å². The van der Waals surface area contributed by atoms with Gasteiger partial charge in [-0.25, -0.2) is 4.79 Å². The minimum absolute atomic E-state index is 0.147. The maximum absolute atomic E-state index is 12.7. The summed E-state index contributed by atoms with van der Waals surface area (Å²) < 4.78 is 0. The number of nitrogens with zero attached hydrogens (tertiary/aromatic N) is 1. The second-order valence-corrected chi connectivity index (χ2v) is 10.3. The van der Waals surface area contributed by atoms with Crippen molar-refractivity contribution in [2.45, 2.75) is 108 Å². The van der Waals surface area contributed by atoms with Crippen LogP contribution < -0.4 is 5.32 Å². The molecule has 29 heavy (non-hydrogen) atoms. The molecule has 4 bridgehead atoms. The van der Waals surface area contributed by atoms with Gasteiger partial charge in [0.15, 0.2) is 0 Å². The van der Waals surface area contributed by atoms with Crippen molar-refractivity contribution in [2.75, 3.05) is 13.6 Å². The second kappa shape index (κ2) is 10.7. The van der Waals surface area contributed by atoms with E-state index in [2.05, 4.69) is 10.2 Å². The lowest BCUT2D eigenvalue weighted by molar-refractivity contribution is -0.137. The average Bonchev–Trinajstić information content (AvgIpc) is 2.66. The van der Waals surface area contributed by atoms with Gasteiger partial charge in [0.05, 0.1) is 0 Å². The fraction of sp³-hybridized carbons (Fsp3) is 0.917. The maximum atomic E-state index is 12.7. The molecule has 2 N–H and O–H groups in total. The number of hydrogen-bond donors (Lipinski definition) is 2. The molecule has 0 saturated heterocycles. The quantitative estimate of drug-likeness (QED) is 0.392. The summed E-state index contributed by atoms with van der Waals surface area (Å²) >= 11 is 0. The molecule has 0 aromatic carbocycles. The highest BCUT2D eigenvalue weighted by molar-refractivity contribution is 5.74. The number of rotatable bonds is 13. The highest BCUT2D eigenvalue weighted by atomic mass is 16.4. The number of hydrogen-bond acceptors (Lipinski definition) is 2. The van der Waals surface area contributed by atoms with E-state index in [0.717, 1.165) is 50.0 Å². The standard InChI is InChI=1S/C24H42N2O3/c1-26(24-16-19-13-20(17-24)15-21(14-19)18-24)23(29)25-12-10-8-6-4-2-3-5-7-9-11-22(27)28/h19-21H,2-18H2,1H3,(H,25,29)(H,27,28). The van der Waals surface area contributed by atoms with Crippen LogP contribution in [0.4, 0.5) is 4.79 Å². The monoisotopic (exact) mass is 406 g/mol. The number of amides is 2. The lowest BCUT2D eigenvalue weighted by Crippen LogP contribution is -2.61. The molecule has 0 aliphatic heterocycles. The van der Waals surface area contributed by atoms with Crippen LogP contribution in [-0.2, 0) is 4.79 Å². The summed E-state index contributed by atoms with van der Waals surface area (Å²) in [4.78, 5) is 25.3. The minimum Gasteiger partial charge on any atom is -0.481 e. The van der Waals surface area contributed by atoms with Crippen molar-refractivity contribution in [1.82, 2.24) is 10.2 Å². The molecular formula is C24H42N2O3. The largest absolute Gasteiger partial charge is 0.481 e. The van der Waals surface area contributed by atoms with Gasteiger partial charge in [-0.2, -0.15) is 0 Å². The zero-order chi connectivity index (χ0) is 20.7. The van der Waals surface area contributed by atoms with Crippen LogP contribution in [0.5, 0.6) is 0 Å². The molecule has 0 heterocycles. The summed E-state index contributed by atoms with van der Waals surface area (Å²) in [5, 5.41) is 11.8. The third kappa shape index (κ3) is 6.36. The van der Waals surface area contributed by atoms with Crippen LogP contribution in [0.15, 0.2) is 0 Å². The van der Waals surface area contributed by atoms with Gasteiger partial charge < -0.3 is 15.3 Å². The van der Waals surface area contributed by atoms with Gasteiger partial charge in [-0.15, -0.1) is 0 Å². The summed E-state index contributed by atoms with van der Waals surface area (Å²) in [6, 6.07) is 0.147. The van der Waals surface area contributed by atoms with Gasteiger partial charge in [-0.1, -0.05) is 44.9 Å². The topological polar surface area (TPSA) is 69.6 Å². The van der Waals surface area contributed by atoms with Crippen LogP contribution in [0, 0.1) is 17.8 Å². The molecule has 4 fully saturated rings. The Hall–Kier alpha value is -1.26. The fourth-order valence-corrected chi connectivity index (χ4v) is 6.64. The Kier molecular flexibility index (Phi) is 8.25. The molecule has 5 heteroatoms. The molecule has 0 aromatic heterocycles. The van der Waals surface area contributed by atoms with Gasteiger partial charge >= 0.3 is 12.0 Å². The number of carboxylic acid groups (broad SMARTS) is 1. The van der Waals surface area contributed by atoms with Crippen molar-refractivity contribution in [3.63, 3.8) is 0 Å². The number of carbonyl (C=O) groups is 2. The summed E-state index contributed by atoms with van der Waals surface area (Å²) in [6.45, 7) is 0.796. The van der Waals surface area contributed by atoms with E-state index in [-0.39, 0.29) is 11.6 Å². The van der Waals surface area contributed by atoms with Gasteiger partial charge in [0.2, 0.25) is 0 Å². The predicted molar refractivity (Wildman–Crippen MR) is 116 cm³/mol. The second-order valence-electron chi connectivity index (χ2n) is 10.3. The van der Waals surface area contributed by atoms with E-state index >= 15 is 0 Å². The molecular weight excluding hydrogens is 364 g/mol. The molecule has 4 aliphatic rings. The number of urea groups is 1. The maximum Gasteiger partial charge on any atom is 0.317 e. The van der Waals surface area contributed by atoms with Crippen molar-refractivity contribution in [1.29, 1.82) is 0 Å². The van der Waals surface area contributed by atoms with Crippen LogP contribution in [0.3, 0.4) is 0 Å². The van der Waals surface area contributed by atoms with Gasteiger partial charge in [0.25, 0.3) is 0 Å². The Morgan fingerprint density at radius 2 is 1.28 bits per heavy atom. The first-order valence-electron chi connectivity index (χ1n) is 12.2. The number of aliphatic carboxylic acids is 1. The van der Waals surface area contributed by atoms with Crippen LogP contribution >= 0.6 is 0 Å². The Balaban J connectivity index is 1.20. The number of unbranched alkanes of at least 4 members (excludes halogenated alkanes) is 8. The molecule has 0 unspecified atom stereocenters. The van der Waals surface area contributed by atoms with E-state index in [4.69, 9.17) is 5.11 Å². The van der Waals surface area contributed by atoms with Crippen LogP contribution in [0.2, 0.25) is 0 Å². The van der Waals surface area contributed by atoms with Crippen molar-refractivity contribution in [3.05, 3.63) is 0 Å². The number of nitrogens with one attached hydrogen (secondary N) is 1. The molecule has 0 radical (unpaired) electrons. The van der Waals surface area contributed by atoms with Gasteiger partial charge in [-0.05, 0) is 69.1 Å². The molecule has 0 aromatic rings. The summed E-state index contributed by atoms with van der Waals surface area (Å²) in [6.07, 6.45) is 18.4. The molecule has 166 valence electrons. The fourth-order valence-electron chi connectivity index (χ4n) is 6.64. The lowest BCUT2D eigenvalue weighted by Gasteiger charge is -2.59. The van der Waals surface area contributed by atoms with Crippen molar-refractivity contribution in [2.24, 2.45) is 17.8 Å². The molecule has 4 aliphatic carbocycles. The third-order valence-electron chi connectivity index (χ3n) is 7.87. The Bertz CT molecular complexity index is 513. The molecule has 5 nitrogen and oxygen atoms in total. The number of carboxylic acids is 1. The first kappa shape index (κ1) is 22.4. The first-order valence-corrected chi connectivity index (χ1v) is 12.2. The van der Waals surface area contributed by atoms with Gasteiger partial charge in [0, 0.05) is 25.6 Å².